The van der Waals surface area contributed by atoms with Crippen molar-refractivity contribution in [2.45, 2.75) is 32.2 Å². The van der Waals surface area contributed by atoms with Gasteiger partial charge in [0, 0.05) is 0 Å². The topological polar surface area (TPSA) is 35.2 Å². The van der Waals surface area contributed by atoms with E-state index in [1.54, 1.807) is 0 Å². The Labute approximate surface area is 121 Å². The molecule has 2 nitrogen and oxygen atoms in total. The second-order valence-corrected chi connectivity index (χ2v) is 5.21. The predicted octanol–water partition coefficient (Wildman–Crippen LogP) is 4.28. The highest BCUT2D eigenvalue weighted by Crippen LogP contribution is 2.22. The summed E-state index contributed by atoms with van der Waals surface area (Å²) in [6.07, 6.45) is 1.15. The molecule has 0 radical (unpaired) electrons. The van der Waals surface area contributed by atoms with Gasteiger partial charge in [-0.25, -0.2) is 0 Å². The van der Waals surface area contributed by atoms with Gasteiger partial charge in [0.25, 0.3) is 0 Å². The normalized spacial score (nSPS) is 13.8. The number of nitrogens with two attached hydrogens (primary N) is 1. The fourth-order valence-corrected chi connectivity index (χ4v) is 2.11. The van der Waals surface area contributed by atoms with Gasteiger partial charge < -0.3 is 10.5 Å². The summed E-state index contributed by atoms with van der Waals surface area (Å²) >= 11 is 0. The van der Waals surface area contributed by atoms with E-state index in [9.17, 15) is 0 Å². The largest absolute Gasteiger partial charge is 0.492 e. The average molecular weight is 269 g/mol. The van der Waals surface area contributed by atoms with Crippen LogP contribution in [0.4, 0.5) is 0 Å². The Morgan fingerprint density at radius 2 is 1.60 bits per heavy atom. The summed E-state index contributed by atoms with van der Waals surface area (Å²) in [5.41, 5.74) is 8.57. The lowest BCUT2D eigenvalue weighted by Gasteiger charge is -2.14. The monoisotopic (exact) mass is 269 g/mol. The molecule has 0 bridgehead atoms. The average Bonchev–Trinajstić information content (AvgIpc) is 2.53. The van der Waals surface area contributed by atoms with E-state index >= 15 is 0 Å². The maximum Gasteiger partial charge on any atom is 0.119 e. The minimum Gasteiger partial charge on any atom is -0.492 e. The molecule has 0 heterocycles. The summed E-state index contributed by atoms with van der Waals surface area (Å²) in [5.74, 6) is 1.47. The van der Waals surface area contributed by atoms with Gasteiger partial charge >= 0.3 is 0 Å². The molecule has 0 saturated carbocycles. The number of hydrogen-bond donors (Lipinski definition) is 1. The van der Waals surface area contributed by atoms with Crippen LogP contribution < -0.4 is 10.5 Å². The van der Waals surface area contributed by atoms with Crippen LogP contribution in [0, 0.1) is 0 Å². The first-order valence-electron chi connectivity index (χ1n) is 7.24. The first-order valence-corrected chi connectivity index (χ1v) is 7.24. The van der Waals surface area contributed by atoms with Crippen molar-refractivity contribution in [1.82, 2.24) is 0 Å². The van der Waals surface area contributed by atoms with Crippen LogP contribution in [0.3, 0.4) is 0 Å². The molecule has 0 aliphatic carbocycles. The fourth-order valence-electron chi connectivity index (χ4n) is 2.11. The Bertz CT molecular complexity index is 507. The molecule has 0 saturated heterocycles. The van der Waals surface area contributed by atoms with Gasteiger partial charge in [0.1, 0.15) is 12.4 Å². The molecule has 0 fully saturated rings. The number of ether oxygens (including phenoxy) is 1. The first-order chi connectivity index (χ1) is 9.70. The Morgan fingerprint density at radius 3 is 2.20 bits per heavy atom. The first kappa shape index (κ1) is 14.6. The van der Waals surface area contributed by atoms with Crippen LogP contribution in [0.25, 0.3) is 0 Å². The van der Waals surface area contributed by atoms with Gasteiger partial charge in [0.05, 0.1) is 6.04 Å². The van der Waals surface area contributed by atoms with Crippen LogP contribution in [0.2, 0.25) is 0 Å². The Balaban J connectivity index is 1.91. The molecular weight excluding hydrogens is 246 g/mol. The highest BCUT2D eigenvalue weighted by Gasteiger charge is 2.07. The van der Waals surface area contributed by atoms with Gasteiger partial charge in [0.2, 0.25) is 0 Å². The number of rotatable bonds is 6. The Morgan fingerprint density at radius 1 is 0.950 bits per heavy atom. The zero-order chi connectivity index (χ0) is 14.4. The molecule has 2 aromatic rings. The van der Waals surface area contributed by atoms with Crippen molar-refractivity contribution < 1.29 is 4.74 Å². The zero-order valence-electron chi connectivity index (χ0n) is 12.3. The maximum atomic E-state index is 6.12. The molecule has 2 rings (SSSR count). The molecule has 2 unspecified atom stereocenters. The lowest BCUT2D eigenvalue weighted by Crippen LogP contribution is -2.18. The molecule has 2 aromatic carbocycles. The molecule has 0 amide bonds. The van der Waals surface area contributed by atoms with Crippen LogP contribution in [-0.2, 0) is 0 Å². The van der Waals surface area contributed by atoms with Gasteiger partial charge in [-0.05, 0) is 35.6 Å². The van der Waals surface area contributed by atoms with E-state index < -0.39 is 0 Å². The number of hydrogen-bond acceptors (Lipinski definition) is 2. The molecular formula is C18H23NO. The van der Waals surface area contributed by atoms with Crippen LogP contribution in [0.1, 0.15) is 43.4 Å². The maximum absolute atomic E-state index is 6.12. The highest BCUT2D eigenvalue weighted by atomic mass is 16.5. The summed E-state index contributed by atoms with van der Waals surface area (Å²) in [5, 5.41) is 0. The van der Waals surface area contributed by atoms with E-state index in [0.29, 0.717) is 12.5 Å². The van der Waals surface area contributed by atoms with Gasteiger partial charge in [-0.3, -0.25) is 0 Å². The SMILES string of the molecule is CCC(C)c1ccc(OCC(N)c2ccccc2)cc1. The van der Waals surface area contributed by atoms with Gasteiger partial charge in [-0.15, -0.1) is 0 Å². The van der Waals surface area contributed by atoms with Crippen molar-refractivity contribution >= 4 is 0 Å². The summed E-state index contributed by atoms with van der Waals surface area (Å²) in [4.78, 5) is 0. The van der Waals surface area contributed by atoms with Crippen molar-refractivity contribution in [3.8, 4) is 5.75 Å². The second kappa shape index (κ2) is 7.11. The van der Waals surface area contributed by atoms with Crippen molar-refractivity contribution in [2.75, 3.05) is 6.61 Å². The molecule has 0 spiro atoms. The van der Waals surface area contributed by atoms with E-state index in [1.807, 2.05) is 42.5 Å². The Kier molecular flexibility index (Phi) is 5.19. The molecule has 2 heteroatoms. The summed E-state index contributed by atoms with van der Waals surface area (Å²) in [7, 11) is 0. The van der Waals surface area contributed by atoms with E-state index in [1.165, 1.54) is 5.56 Å². The smallest absolute Gasteiger partial charge is 0.119 e. The van der Waals surface area contributed by atoms with E-state index in [0.717, 1.165) is 17.7 Å². The minimum atomic E-state index is -0.0922. The zero-order valence-corrected chi connectivity index (χ0v) is 12.3. The van der Waals surface area contributed by atoms with Crippen LogP contribution in [-0.4, -0.2) is 6.61 Å². The second-order valence-electron chi connectivity index (χ2n) is 5.21. The minimum absolute atomic E-state index is 0.0922. The summed E-state index contributed by atoms with van der Waals surface area (Å²) in [6.45, 7) is 4.93. The van der Waals surface area contributed by atoms with Gasteiger partial charge in [-0.1, -0.05) is 56.3 Å². The van der Waals surface area contributed by atoms with Gasteiger partial charge in [-0.2, -0.15) is 0 Å². The fraction of sp³-hybridized carbons (Fsp3) is 0.333. The predicted molar refractivity (Wildman–Crippen MR) is 84.0 cm³/mol. The third kappa shape index (κ3) is 3.84. The molecule has 20 heavy (non-hydrogen) atoms. The van der Waals surface area contributed by atoms with Crippen LogP contribution >= 0.6 is 0 Å². The quantitative estimate of drug-likeness (QED) is 0.849. The molecule has 0 aromatic heterocycles. The molecule has 106 valence electrons. The van der Waals surface area contributed by atoms with Crippen LogP contribution in [0.5, 0.6) is 5.75 Å². The Hall–Kier alpha value is -1.80. The van der Waals surface area contributed by atoms with E-state index in [-0.39, 0.29) is 6.04 Å². The van der Waals surface area contributed by atoms with E-state index in [2.05, 4.69) is 26.0 Å². The summed E-state index contributed by atoms with van der Waals surface area (Å²) < 4.78 is 5.77. The van der Waals surface area contributed by atoms with Gasteiger partial charge in [0.15, 0.2) is 0 Å². The van der Waals surface area contributed by atoms with Crippen molar-refractivity contribution in [2.24, 2.45) is 5.73 Å². The van der Waals surface area contributed by atoms with Crippen molar-refractivity contribution in [3.05, 3.63) is 65.7 Å². The molecule has 0 aliphatic rings. The summed E-state index contributed by atoms with van der Waals surface area (Å²) in [6, 6.07) is 18.3. The lowest BCUT2D eigenvalue weighted by molar-refractivity contribution is 0.290. The standard InChI is InChI=1S/C18H23NO/c1-3-14(2)15-9-11-17(12-10-15)20-13-18(19)16-7-5-4-6-8-16/h4-12,14,18H,3,13,19H2,1-2H3. The number of benzene rings is 2. The van der Waals surface area contributed by atoms with Crippen molar-refractivity contribution in [1.29, 1.82) is 0 Å². The molecule has 2 N–H and O–H groups in total. The van der Waals surface area contributed by atoms with E-state index in [4.69, 9.17) is 10.5 Å². The van der Waals surface area contributed by atoms with Crippen LogP contribution in [0.15, 0.2) is 54.6 Å². The third-order valence-electron chi connectivity index (χ3n) is 3.72. The third-order valence-corrected chi connectivity index (χ3v) is 3.72. The molecule has 2 atom stereocenters. The highest BCUT2D eigenvalue weighted by molar-refractivity contribution is 5.29. The van der Waals surface area contributed by atoms with Crippen molar-refractivity contribution in [3.63, 3.8) is 0 Å². The lowest BCUT2D eigenvalue weighted by atomic mass is 9.99. The molecule has 0 aliphatic heterocycles.